The van der Waals surface area contributed by atoms with Crippen LogP contribution in [0.5, 0.6) is 5.75 Å². The van der Waals surface area contributed by atoms with Gasteiger partial charge in [-0.05, 0) is 36.2 Å². The lowest BCUT2D eigenvalue weighted by atomic mass is 9.96. The lowest BCUT2D eigenvalue weighted by Crippen LogP contribution is -2.37. The number of nitrogens with one attached hydrogen (secondary N) is 2. The number of carbonyl (C=O) groups is 1. The highest BCUT2D eigenvalue weighted by atomic mass is 32.2. The molecule has 0 fully saturated rings. The van der Waals surface area contributed by atoms with Gasteiger partial charge in [-0.15, -0.1) is 0 Å². The van der Waals surface area contributed by atoms with E-state index in [1.165, 1.54) is 7.05 Å². The van der Waals surface area contributed by atoms with Gasteiger partial charge < -0.3 is 10.1 Å². The monoisotopic (exact) mass is 374 g/mol. The zero-order valence-corrected chi connectivity index (χ0v) is 15.4. The molecule has 0 saturated heterocycles. The van der Waals surface area contributed by atoms with Crippen molar-refractivity contribution in [2.75, 3.05) is 13.7 Å². The van der Waals surface area contributed by atoms with E-state index in [0.717, 1.165) is 16.9 Å². The Bertz CT molecular complexity index is 879. The summed E-state index contributed by atoms with van der Waals surface area (Å²) < 4.78 is 31.1. The molecule has 1 unspecified atom stereocenters. The Hall–Kier alpha value is -2.38. The first kappa shape index (κ1) is 18.4. The van der Waals surface area contributed by atoms with Crippen LogP contribution < -0.4 is 14.8 Å². The Labute approximate surface area is 153 Å². The molecule has 6 nitrogen and oxygen atoms in total. The van der Waals surface area contributed by atoms with Crippen molar-refractivity contribution in [1.29, 1.82) is 0 Å². The van der Waals surface area contributed by atoms with Crippen LogP contribution in [0.1, 0.15) is 16.7 Å². The molecule has 0 spiro atoms. The molecule has 0 aromatic heterocycles. The fourth-order valence-corrected chi connectivity index (χ4v) is 3.65. The molecule has 3 rings (SSSR count). The summed E-state index contributed by atoms with van der Waals surface area (Å²) >= 11 is 0. The van der Waals surface area contributed by atoms with Crippen LogP contribution in [0.2, 0.25) is 0 Å². The highest BCUT2D eigenvalue weighted by molar-refractivity contribution is 7.88. The van der Waals surface area contributed by atoms with Gasteiger partial charge in [-0.25, -0.2) is 13.1 Å². The third-order valence-electron chi connectivity index (χ3n) is 4.41. The average Bonchev–Trinajstić information content (AvgIpc) is 2.66. The van der Waals surface area contributed by atoms with Gasteiger partial charge in [-0.2, -0.15) is 0 Å². The largest absolute Gasteiger partial charge is 0.492 e. The summed E-state index contributed by atoms with van der Waals surface area (Å²) in [6.07, 6.45) is 0.669. The third kappa shape index (κ3) is 4.62. The Kier molecular flexibility index (Phi) is 5.58. The molecular formula is C19H22N2O4S. The van der Waals surface area contributed by atoms with Gasteiger partial charge in [-0.1, -0.05) is 42.5 Å². The number of sulfonamides is 1. The van der Waals surface area contributed by atoms with Crippen molar-refractivity contribution in [2.24, 2.45) is 5.92 Å². The van der Waals surface area contributed by atoms with Crippen molar-refractivity contribution in [2.45, 2.75) is 18.7 Å². The molecule has 1 aliphatic rings. The minimum Gasteiger partial charge on any atom is -0.492 e. The van der Waals surface area contributed by atoms with Gasteiger partial charge in [0.05, 0.1) is 11.7 Å². The van der Waals surface area contributed by atoms with Crippen molar-refractivity contribution >= 4 is 15.9 Å². The molecule has 2 aromatic rings. The number of amides is 1. The molecule has 1 atom stereocenters. The summed E-state index contributed by atoms with van der Waals surface area (Å²) in [7, 11) is -1.89. The summed E-state index contributed by atoms with van der Waals surface area (Å²) in [5, 5.41) is 2.93. The predicted octanol–water partition coefficient (Wildman–Crippen LogP) is 1.60. The SMILES string of the molecule is CNS(=O)(=O)Cc1ccc(CNC(=O)C2COc3ccccc3C2)cc1. The molecule has 7 heteroatoms. The molecule has 1 heterocycles. The Balaban J connectivity index is 1.53. The van der Waals surface area contributed by atoms with E-state index in [1.54, 1.807) is 12.1 Å². The number of fused-ring (bicyclic) bond motifs is 1. The van der Waals surface area contributed by atoms with Crippen LogP contribution in [-0.4, -0.2) is 28.0 Å². The summed E-state index contributed by atoms with van der Waals surface area (Å²) in [6, 6.07) is 14.9. The molecule has 138 valence electrons. The van der Waals surface area contributed by atoms with Gasteiger partial charge in [0.2, 0.25) is 15.9 Å². The Morgan fingerprint density at radius 2 is 1.81 bits per heavy atom. The topological polar surface area (TPSA) is 84.5 Å². The van der Waals surface area contributed by atoms with Crippen LogP contribution in [0.3, 0.4) is 0 Å². The molecule has 0 bridgehead atoms. The first-order valence-electron chi connectivity index (χ1n) is 8.44. The van der Waals surface area contributed by atoms with Crippen LogP contribution >= 0.6 is 0 Å². The van der Waals surface area contributed by atoms with Crippen molar-refractivity contribution in [1.82, 2.24) is 10.0 Å². The van der Waals surface area contributed by atoms with E-state index in [0.29, 0.717) is 25.1 Å². The van der Waals surface area contributed by atoms with Crippen molar-refractivity contribution in [3.8, 4) is 5.75 Å². The van der Waals surface area contributed by atoms with Crippen LogP contribution in [0.15, 0.2) is 48.5 Å². The Morgan fingerprint density at radius 3 is 2.54 bits per heavy atom. The molecule has 0 radical (unpaired) electrons. The van der Waals surface area contributed by atoms with Crippen molar-refractivity contribution in [3.63, 3.8) is 0 Å². The lowest BCUT2D eigenvalue weighted by Gasteiger charge is -2.24. The fourth-order valence-electron chi connectivity index (χ4n) is 2.87. The first-order valence-corrected chi connectivity index (χ1v) is 10.1. The third-order valence-corrected chi connectivity index (χ3v) is 5.74. The standard InChI is InChI=1S/C19H22N2O4S/c1-20-26(23,24)13-15-8-6-14(7-9-15)11-21-19(22)17-10-16-4-2-3-5-18(16)25-12-17/h2-9,17,20H,10-13H2,1H3,(H,21,22). The quantitative estimate of drug-likeness (QED) is 0.804. The number of hydrogen-bond acceptors (Lipinski definition) is 4. The van der Waals surface area contributed by atoms with E-state index in [2.05, 4.69) is 10.0 Å². The molecule has 1 aliphatic heterocycles. The number of benzene rings is 2. The van der Waals surface area contributed by atoms with E-state index in [4.69, 9.17) is 4.74 Å². The van der Waals surface area contributed by atoms with Crippen LogP contribution in [0.4, 0.5) is 0 Å². The smallest absolute Gasteiger partial charge is 0.227 e. The Morgan fingerprint density at radius 1 is 1.12 bits per heavy atom. The molecule has 26 heavy (non-hydrogen) atoms. The summed E-state index contributed by atoms with van der Waals surface area (Å²) in [5.74, 6) is 0.546. The maximum absolute atomic E-state index is 12.4. The van der Waals surface area contributed by atoms with E-state index in [-0.39, 0.29) is 17.6 Å². The molecule has 2 N–H and O–H groups in total. The molecule has 2 aromatic carbocycles. The highest BCUT2D eigenvalue weighted by Crippen LogP contribution is 2.26. The second-order valence-corrected chi connectivity index (χ2v) is 8.24. The van der Waals surface area contributed by atoms with Crippen LogP contribution in [-0.2, 0) is 33.5 Å². The zero-order chi connectivity index (χ0) is 18.6. The minimum atomic E-state index is -3.28. The average molecular weight is 374 g/mol. The number of rotatable bonds is 6. The maximum Gasteiger partial charge on any atom is 0.227 e. The van der Waals surface area contributed by atoms with Crippen molar-refractivity contribution < 1.29 is 17.9 Å². The van der Waals surface area contributed by atoms with Gasteiger partial charge in [-0.3, -0.25) is 4.79 Å². The molecular weight excluding hydrogens is 352 g/mol. The van der Waals surface area contributed by atoms with Gasteiger partial charge in [0.15, 0.2) is 0 Å². The second-order valence-electron chi connectivity index (χ2n) is 6.32. The minimum absolute atomic E-state index is 0.0404. The number of hydrogen-bond donors (Lipinski definition) is 2. The zero-order valence-electron chi connectivity index (χ0n) is 14.6. The van der Waals surface area contributed by atoms with Crippen molar-refractivity contribution in [3.05, 3.63) is 65.2 Å². The van der Waals surface area contributed by atoms with E-state index in [1.807, 2.05) is 36.4 Å². The number of carbonyl (C=O) groups excluding carboxylic acids is 1. The van der Waals surface area contributed by atoms with Gasteiger partial charge in [0, 0.05) is 6.54 Å². The number of para-hydroxylation sites is 1. The van der Waals surface area contributed by atoms with E-state index < -0.39 is 10.0 Å². The molecule has 1 amide bonds. The normalized spacial score (nSPS) is 16.4. The molecule has 0 saturated carbocycles. The molecule has 0 aliphatic carbocycles. The maximum atomic E-state index is 12.4. The first-order chi connectivity index (χ1) is 12.5. The summed E-state index contributed by atoms with van der Waals surface area (Å²) in [6.45, 7) is 0.777. The van der Waals surface area contributed by atoms with Gasteiger partial charge in [0.25, 0.3) is 0 Å². The van der Waals surface area contributed by atoms with E-state index in [9.17, 15) is 13.2 Å². The van der Waals surface area contributed by atoms with E-state index >= 15 is 0 Å². The summed E-state index contributed by atoms with van der Waals surface area (Å²) in [4.78, 5) is 12.4. The summed E-state index contributed by atoms with van der Waals surface area (Å²) in [5.41, 5.74) is 2.67. The van der Waals surface area contributed by atoms with Gasteiger partial charge >= 0.3 is 0 Å². The number of ether oxygens (including phenoxy) is 1. The van der Waals surface area contributed by atoms with Gasteiger partial charge in [0.1, 0.15) is 12.4 Å². The highest BCUT2D eigenvalue weighted by Gasteiger charge is 2.25. The van der Waals surface area contributed by atoms with Crippen LogP contribution in [0.25, 0.3) is 0 Å². The lowest BCUT2D eigenvalue weighted by molar-refractivity contribution is -0.126. The fraction of sp³-hybridized carbons (Fsp3) is 0.316. The predicted molar refractivity (Wildman–Crippen MR) is 99.1 cm³/mol. The second kappa shape index (κ2) is 7.88. The van der Waals surface area contributed by atoms with Crippen LogP contribution in [0, 0.1) is 5.92 Å².